The number of carbonyl (C=O) groups excluding carboxylic acids is 1. The number of thioether (sulfide) groups is 1. The van der Waals surface area contributed by atoms with Crippen LogP contribution in [0, 0.1) is 0 Å². The summed E-state index contributed by atoms with van der Waals surface area (Å²) < 4.78 is 0. The maximum absolute atomic E-state index is 10.6. The van der Waals surface area contributed by atoms with Crippen molar-refractivity contribution in [3.8, 4) is 0 Å². The van der Waals surface area contributed by atoms with Crippen LogP contribution in [0.2, 0.25) is 0 Å². The number of aromatic nitrogens is 3. The number of carbonyl (C=O) groups is 1. The van der Waals surface area contributed by atoms with Gasteiger partial charge in [0.2, 0.25) is 0 Å². The van der Waals surface area contributed by atoms with E-state index in [1.807, 2.05) is 0 Å². The molecule has 0 aliphatic rings. The molecule has 0 aromatic carbocycles. The van der Waals surface area contributed by atoms with Gasteiger partial charge in [0, 0.05) is 12.7 Å². The van der Waals surface area contributed by atoms with E-state index in [0.717, 1.165) is 11.8 Å². The minimum absolute atomic E-state index is 0.103. The number of aromatic amines is 1. The fourth-order valence-electron chi connectivity index (χ4n) is 0.834. The minimum atomic E-state index is -1.13. The second-order valence-electron chi connectivity index (χ2n) is 2.69. The third-order valence-electron chi connectivity index (χ3n) is 1.54. The minimum Gasteiger partial charge on any atom is -0.389 e. The molecule has 1 aromatic heterocycles. The molecule has 6 nitrogen and oxygen atoms in total. The number of rotatable bonds is 4. The van der Waals surface area contributed by atoms with E-state index in [9.17, 15) is 15.0 Å². The second-order valence-corrected chi connectivity index (χ2v) is 3.88. The summed E-state index contributed by atoms with van der Waals surface area (Å²) in [7, 11) is 0. The molecule has 14 heavy (non-hydrogen) atoms. The summed E-state index contributed by atoms with van der Waals surface area (Å²) in [6, 6.07) is 0. The molecule has 1 aromatic rings. The lowest BCUT2D eigenvalue weighted by atomic mass is 10.2. The number of aliphatic hydroxyl groups is 2. The fourth-order valence-corrected chi connectivity index (χ4v) is 1.42. The molecule has 0 saturated heterocycles. The van der Waals surface area contributed by atoms with Crippen molar-refractivity contribution in [3.05, 3.63) is 12.2 Å². The van der Waals surface area contributed by atoms with Crippen LogP contribution in [0.5, 0.6) is 0 Å². The largest absolute Gasteiger partial charge is 0.389 e. The Balaban J connectivity index is 2.44. The molecule has 0 spiro atoms. The fraction of sp³-hybridized carbons (Fsp3) is 0.571. The molecule has 0 saturated carbocycles. The number of aliphatic hydroxyl groups excluding tert-OH is 2. The predicted molar refractivity (Wildman–Crippen MR) is 50.5 cm³/mol. The molecular weight excluding hydrogens is 206 g/mol. The average molecular weight is 217 g/mol. The first-order chi connectivity index (χ1) is 6.61. The summed E-state index contributed by atoms with van der Waals surface area (Å²) >= 11 is 0.954. The van der Waals surface area contributed by atoms with Crippen LogP contribution in [-0.2, 0) is 4.79 Å². The van der Waals surface area contributed by atoms with Crippen molar-refractivity contribution in [2.75, 3.05) is 5.75 Å². The number of nitrogens with zero attached hydrogens (tertiary/aromatic N) is 2. The van der Waals surface area contributed by atoms with Crippen molar-refractivity contribution in [2.45, 2.75) is 19.1 Å². The van der Waals surface area contributed by atoms with Crippen molar-refractivity contribution in [1.29, 1.82) is 0 Å². The molecule has 0 aliphatic carbocycles. The van der Waals surface area contributed by atoms with Crippen LogP contribution in [-0.4, -0.2) is 42.4 Å². The average Bonchev–Trinajstić information content (AvgIpc) is 2.65. The first-order valence-electron chi connectivity index (χ1n) is 3.96. The smallest absolute Gasteiger partial charge is 0.185 e. The molecule has 0 radical (unpaired) electrons. The molecule has 7 heteroatoms. The molecule has 0 aliphatic heterocycles. The Kier molecular flexibility index (Phi) is 4.05. The lowest BCUT2D eigenvalue weighted by Crippen LogP contribution is -2.22. The van der Waals surface area contributed by atoms with Crippen LogP contribution in [0.25, 0.3) is 0 Å². The highest BCUT2D eigenvalue weighted by molar-refractivity contribution is 8.13. The first-order valence-corrected chi connectivity index (χ1v) is 4.94. The van der Waals surface area contributed by atoms with Gasteiger partial charge in [-0.15, -0.1) is 0 Å². The zero-order valence-electron chi connectivity index (χ0n) is 7.54. The third-order valence-corrected chi connectivity index (χ3v) is 2.45. The van der Waals surface area contributed by atoms with Gasteiger partial charge in [0.15, 0.2) is 10.9 Å². The van der Waals surface area contributed by atoms with Gasteiger partial charge in [0.1, 0.15) is 12.4 Å². The maximum Gasteiger partial charge on any atom is 0.185 e. The van der Waals surface area contributed by atoms with E-state index in [1.165, 1.54) is 13.3 Å². The number of H-pyrrole nitrogens is 1. The van der Waals surface area contributed by atoms with E-state index in [4.69, 9.17) is 0 Å². The zero-order valence-corrected chi connectivity index (χ0v) is 8.36. The Morgan fingerprint density at radius 2 is 2.43 bits per heavy atom. The van der Waals surface area contributed by atoms with E-state index >= 15 is 0 Å². The van der Waals surface area contributed by atoms with E-state index in [2.05, 4.69) is 15.2 Å². The van der Waals surface area contributed by atoms with Gasteiger partial charge in [0.25, 0.3) is 0 Å². The monoisotopic (exact) mass is 217 g/mol. The number of hydrogen-bond acceptors (Lipinski definition) is 6. The number of hydrogen-bond donors (Lipinski definition) is 3. The zero-order chi connectivity index (χ0) is 10.6. The molecular formula is C7H11N3O3S. The molecule has 0 fully saturated rings. The van der Waals surface area contributed by atoms with E-state index in [1.54, 1.807) is 0 Å². The molecule has 2 unspecified atom stereocenters. The highest BCUT2D eigenvalue weighted by Gasteiger charge is 2.21. The van der Waals surface area contributed by atoms with Crippen molar-refractivity contribution in [3.63, 3.8) is 0 Å². The lowest BCUT2D eigenvalue weighted by molar-refractivity contribution is -0.109. The standard InChI is InChI=1S/C7H11N3O3S/c1-4(11)14-2-5(12)6(13)7-8-3-9-10-7/h3,5-6,12-13H,2H2,1H3,(H,8,9,10). The Hall–Kier alpha value is -0.920. The van der Waals surface area contributed by atoms with Crippen LogP contribution >= 0.6 is 11.8 Å². The third kappa shape index (κ3) is 3.09. The van der Waals surface area contributed by atoms with Crippen molar-refractivity contribution in [1.82, 2.24) is 15.2 Å². The van der Waals surface area contributed by atoms with Gasteiger partial charge in [-0.1, -0.05) is 11.8 Å². The lowest BCUT2D eigenvalue weighted by Gasteiger charge is -2.13. The van der Waals surface area contributed by atoms with Crippen LogP contribution in [0.1, 0.15) is 18.9 Å². The van der Waals surface area contributed by atoms with Crippen LogP contribution in [0.3, 0.4) is 0 Å². The van der Waals surface area contributed by atoms with Gasteiger partial charge >= 0.3 is 0 Å². The van der Waals surface area contributed by atoms with Crippen molar-refractivity contribution in [2.24, 2.45) is 0 Å². The molecule has 0 amide bonds. The Morgan fingerprint density at radius 3 is 2.93 bits per heavy atom. The summed E-state index contributed by atoms with van der Waals surface area (Å²) in [5.74, 6) is 0.332. The van der Waals surface area contributed by atoms with Crippen molar-refractivity contribution >= 4 is 16.9 Å². The molecule has 2 atom stereocenters. The van der Waals surface area contributed by atoms with Crippen LogP contribution < -0.4 is 0 Å². The SMILES string of the molecule is CC(=O)SCC(O)C(O)c1ncn[nH]1. The van der Waals surface area contributed by atoms with Crippen LogP contribution in [0.15, 0.2) is 6.33 Å². The summed E-state index contributed by atoms with van der Waals surface area (Å²) in [6.45, 7) is 1.40. The summed E-state index contributed by atoms with van der Waals surface area (Å²) in [5, 5.41) is 24.8. The van der Waals surface area contributed by atoms with E-state index in [-0.39, 0.29) is 16.7 Å². The summed E-state index contributed by atoms with van der Waals surface area (Å²) in [4.78, 5) is 14.3. The van der Waals surface area contributed by atoms with E-state index < -0.39 is 12.2 Å². The summed E-state index contributed by atoms with van der Waals surface area (Å²) in [5.41, 5.74) is 0. The quantitative estimate of drug-likeness (QED) is 0.627. The van der Waals surface area contributed by atoms with Crippen LogP contribution in [0.4, 0.5) is 0 Å². The Bertz CT molecular complexity index is 290. The van der Waals surface area contributed by atoms with Gasteiger partial charge in [-0.2, -0.15) is 5.10 Å². The normalized spacial score (nSPS) is 15.1. The highest BCUT2D eigenvalue weighted by atomic mass is 32.2. The predicted octanol–water partition coefficient (Wildman–Crippen LogP) is -0.521. The van der Waals surface area contributed by atoms with E-state index in [0.29, 0.717) is 0 Å². The molecule has 0 bridgehead atoms. The molecule has 1 rings (SSSR count). The van der Waals surface area contributed by atoms with Gasteiger partial charge < -0.3 is 10.2 Å². The second kappa shape index (κ2) is 5.08. The topological polar surface area (TPSA) is 99.1 Å². The molecule has 1 heterocycles. The van der Waals surface area contributed by atoms with Gasteiger partial charge in [-0.3, -0.25) is 9.89 Å². The van der Waals surface area contributed by atoms with Gasteiger partial charge in [0.05, 0.1) is 6.10 Å². The van der Waals surface area contributed by atoms with Gasteiger partial charge in [-0.25, -0.2) is 4.98 Å². The highest BCUT2D eigenvalue weighted by Crippen LogP contribution is 2.15. The van der Waals surface area contributed by atoms with Gasteiger partial charge in [-0.05, 0) is 0 Å². The first kappa shape index (κ1) is 11.2. The summed E-state index contributed by atoms with van der Waals surface area (Å²) in [6.07, 6.45) is -0.926. The molecule has 3 N–H and O–H groups in total. The van der Waals surface area contributed by atoms with Crippen molar-refractivity contribution < 1.29 is 15.0 Å². The Morgan fingerprint density at radius 1 is 1.71 bits per heavy atom. The maximum atomic E-state index is 10.6. The Labute approximate surface area is 84.7 Å². The molecule has 78 valence electrons. The number of nitrogens with one attached hydrogen (secondary N) is 1.